The molecule has 0 amide bonds. The van der Waals surface area contributed by atoms with E-state index in [-0.39, 0.29) is 23.4 Å². The zero-order chi connectivity index (χ0) is 18.8. The van der Waals surface area contributed by atoms with Crippen molar-refractivity contribution < 1.29 is 13.7 Å². The minimum absolute atomic E-state index is 0.0118. The summed E-state index contributed by atoms with van der Waals surface area (Å²) in [6.07, 6.45) is 6.56. The number of nitrogens with zero attached hydrogens (tertiary/aromatic N) is 2. The van der Waals surface area contributed by atoms with E-state index in [1.165, 1.54) is 38.1 Å². The number of ketones is 1. The van der Waals surface area contributed by atoms with E-state index in [0.717, 1.165) is 32.2 Å². The molecule has 2 heterocycles. The van der Waals surface area contributed by atoms with Gasteiger partial charge in [0.2, 0.25) is 0 Å². The number of carbonyl (C=O) groups excluding carboxylic acids is 1. The number of rotatable bonds is 6. The molecule has 5 heteroatoms. The van der Waals surface area contributed by atoms with E-state index in [0.29, 0.717) is 22.6 Å². The van der Waals surface area contributed by atoms with Crippen molar-refractivity contribution in [2.75, 3.05) is 19.6 Å². The standard InChI is InChI=1S/C22H27FN2O2/c1-15-13-17(7-2-3-10-25-11-4-5-12-25)21(26)19-20(24-27-22(15)19)16-8-6-9-18(23)14-16/h6,8-9,14-15,17H,2-5,7,10-13H2,1H3. The van der Waals surface area contributed by atoms with Crippen molar-refractivity contribution in [3.63, 3.8) is 0 Å². The van der Waals surface area contributed by atoms with Crippen LogP contribution in [0.1, 0.15) is 67.5 Å². The molecule has 0 spiro atoms. The number of fused-ring (bicyclic) bond motifs is 1. The van der Waals surface area contributed by atoms with E-state index in [9.17, 15) is 9.18 Å². The van der Waals surface area contributed by atoms with Crippen molar-refractivity contribution in [2.24, 2.45) is 5.92 Å². The molecule has 0 bridgehead atoms. The van der Waals surface area contributed by atoms with E-state index >= 15 is 0 Å². The summed E-state index contributed by atoms with van der Waals surface area (Å²) in [4.78, 5) is 15.7. The monoisotopic (exact) mass is 370 g/mol. The Balaban J connectivity index is 1.46. The smallest absolute Gasteiger partial charge is 0.171 e. The van der Waals surface area contributed by atoms with Gasteiger partial charge in [0, 0.05) is 17.4 Å². The first-order valence-electron chi connectivity index (χ1n) is 10.2. The zero-order valence-corrected chi connectivity index (χ0v) is 15.9. The Morgan fingerprint density at radius 2 is 2.07 bits per heavy atom. The molecule has 4 rings (SSSR count). The van der Waals surface area contributed by atoms with Crippen LogP contribution in [0.5, 0.6) is 0 Å². The van der Waals surface area contributed by atoms with Gasteiger partial charge in [-0.15, -0.1) is 0 Å². The number of halogens is 1. The first kappa shape index (κ1) is 18.4. The average molecular weight is 370 g/mol. The molecule has 2 aliphatic rings. The summed E-state index contributed by atoms with van der Waals surface area (Å²) in [5.41, 5.74) is 1.67. The van der Waals surface area contributed by atoms with Gasteiger partial charge in [-0.25, -0.2) is 4.39 Å². The minimum atomic E-state index is -0.334. The van der Waals surface area contributed by atoms with Gasteiger partial charge in [0.25, 0.3) is 0 Å². The maximum atomic E-state index is 13.6. The fourth-order valence-corrected chi connectivity index (χ4v) is 4.54. The van der Waals surface area contributed by atoms with Crippen LogP contribution in [0.3, 0.4) is 0 Å². The van der Waals surface area contributed by atoms with Crippen molar-refractivity contribution in [1.29, 1.82) is 0 Å². The molecule has 1 aliphatic carbocycles. The number of benzene rings is 1. The third kappa shape index (κ3) is 3.84. The second kappa shape index (κ2) is 7.93. The van der Waals surface area contributed by atoms with Crippen LogP contribution in [0.2, 0.25) is 0 Å². The third-order valence-corrected chi connectivity index (χ3v) is 5.99. The maximum Gasteiger partial charge on any atom is 0.171 e. The highest BCUT2D eigenvalue weighted by atomic mass is 19.1. The molecule has 2 atom stereocenters. The zero-order valence-electron chi connectivity index (χ0n) is 15.9. The van der Waals surface area contributed by atoms with Gasteiger partial charge in [0.05, 0.1) is 5.56 Å². The van der Waals surface area contributed by atoms with Gasteiger partial charge >= 0.3 is 0 Å². The summed E-state index contributed by atoms with van der Waals surface area (Å²) < 4.78 is 19.1. The SMILES string of the molecule is CC1CC(CCCCN2CCCC2)C(=O)c2c(-c3cccc(F)c3)noc21. The van der Waals surface area contributed by atoms with E-state index in [4.69, 9.17) is 4.52 Å². The van der Waals surface area contributed by atoms with Crippen molar-refractivity contribution in [1.82, 2.24) is 10.1 Å². The lowest BCUT2D eigenvalue weighted by Gasteiger charge is -2.25. The van der Waals surface area contributed by atoms with Crippen molar-refractivity contribution in [2.45, 2.75) is 51.4 Å². The highest BCUT2D eigenvalue weighted by Crippen LogP contribution is 2.41. The van der Waals surface area contributed by atoms with Crippen LogP contribution < -0.4 is 0 Å². The van der Waals surface area contributed by atoms with E-state index in [2.05, 4.69) is 17.0 Å². The van der Waals surface area contributed by atoms with Gasteiger partial charge in [-0.2, -0.15) is 0 Å². The number of unbranched alkanes of at least 4 members (excludes halogenated alkanes) is 1. The molecule has 1 saturated heterocycles. The molecule has 1 aliphatic heterocycles. The number of hydrogen-bond donors (Lipinski definition) is 0. The highest BCUT2D eigenvalue weighted by molar-refractivity contribution is 6.04. The number of Topliss-reactive ketones (excluding diaryl/α,β-unsaturated/α-hetero) is 1. The summed E-state index contributed by atoms with van der Waals surface area (Å²) in [7, 11) is 0. The normalized spacial score (nSPS) is 23.0. The topological polar surface area (TPSA) is 46.3 Å². The molecule has 4 nitrogen and oxygen atoms in total. The van der Waals surface area contributed by atoms with Crippen LogP contribution in [0.15, 0.2) is 28.8 Å². The first-order valence-corrected chi connectivity index (χ1v) is 10.2. The van der Waals surface area contributed by atoms with Crippen LogP contribution >= 0.6 is 0 Å². The number of carbonyl (C=O) groups is 1. The minimum Gasteiger partial charge on any atom is -0.360 e. The van der Waals surface area contributed by atoms with Gasteiger partial charge in [0.15, 0.2) is 11.5 Å². The number of likely N-dealkylation sites (tertiary alicyclic amines) is 1. The Labute approximate surface area is 159 Å². The average Bonchev–Trinajstić information content (AvgIpc) is 3.32. The summed E-state index contributed by atoms with van der Waals surface area (Å²) in [5, 5.41) is 4.12. The molecule has 0 N–H and O–H groups in total. The van der Waals surface area contributed by atoms with Gasteiger partial charge in [-0.1, -0.05) is 30.6 Å². The Bertz CT molecular complexity index is 810. The van der Waals surface area contributed by atoms with E-state index in [1.54, 1.807) is 12.1 Å². The molecule has 1 fully saturated rings. The lowest BCUT2D eigenvalue weighted by molar-refractivity contribution is 0.0876. The third-order valence-electron chi connectivity index (χ3n) is 5.99. The van der Waals surface area contributed by atoms with Crippen molar-refractivity contribution >= 4 is 5.78 Å². The van der Waals surface area contributed by atoms with E-state index in [1.807, 2.05) is 0 Å². The summed E-state index contributed by atoms with van der Waals surface area (Å²) in [6, 6.07) is 6.22. The molecular formula is C22H27FN2O2. The molecule has 2 aromatic rings. The molecule has 1 aromatic heterocycles. The van der Waals surface area contributed by atoms with Gasteiger partial charge in [-0.3, -0.25) is 4.79 Å². The predicted octanol–water partition coefficient (Wildman–Crippen LogP) is 5.05. The maximum absolute atomic E-state index is 13.6. The second-order valence-corrected chi connectivity index (χ2v) is 8.02. The number of aromatic nitrogens is 1. The molecule has 27 heavy (non-hydrogen) atoms. The van der Waals surface area contributed by atoms with Crippen LogP contribution in [0.4, 0.5) is 4.39 Å². The summed E-state index contributed by atoms with van der Waals surface area (Å²) in [5.74, 6) is 0.616. The van der Waals surface area contributed by atoms with Gasteiger partial charge in [-0.05, 0) is 63.9 Å². The molecule has 0 radical (unpaired) electrons. The van der Waals surface area contributed by atoms with Crippen LogP contribution in [0, 0.1) is 11.7 Å². The molecule has 144 valence electrons. The molecular weight excluding hydrogens is 343 g/mol. The summed E-state index contributed by atoms with van der Waals surface area (Å²) in [6.45, 7) is 5.67. The van der Waals surface area contributed by atoms with Crippen LogP contribution in [-0.4, -0.2) is 35.5 Å². The fourth-order valence-electron chi connectivity index (χ4n) is 4.54. The Hall–Kier alpha value is -2.01. The van der Waals surface area contributed by atoms with E-state index < -0.39 is 0 Å². The van der Waals surface area contributed by atoms with Crippen molar-refractivity contribution in [3.05, 3.63) is 41.4 Å². The number of hydrogen-bond acceptors (Lipinski definition) is 4. The Morgan fingerprint density at radius 3 is 2.85 bits per heavy atom. The molecule has 1 aromatic carbocycles. The quantitative estimate of drug-likeness (QED) is 0.667. The molecule has 0 saturated carbocycles. The second-order valence-electron chi connectivity index (χ2n) is 8.02. The van der Waals surface area contributed by atoms with Crippen molar-refractivity contribution in [3.8, 4) is 11.3 Å². The largest absolute Gasteiger partial charge is 0.360 e. The Morgan fingerprint density at radius 1 is 1.26 bits per heavy atom. The van der Waals surface area contributed by atoms with Gasteiger partial charge in [0.1, 0.15) is 11.5 Å². The molecule has 2 unspecified atom stereocenters. The van der Waals surface area contributed by atoms with Gasteiger partial charge < -0.3 is 9.42 Å². The highest BCUT2D eigenvalue weighted by Gasteiger charge is 2.37. The Kier molecular flexibility index (Phi) is 5.39. The lowest BCUT2D eigenvalue weighted by atomic mass is 9.77. The predicted molar refractivity (Wildman–Crippen MR) is 102 cm³/mol. The lowest BCUT2D eigenvalue weighted by Crippen LogP contribution is -2.25. The first-order chi connectivity index (χ1) is 13.1. The van der Waals surface area contributed by atoms with Crippen LogP contribution in [-0.2, 0) is 0 Å². The fraction of sp³-hybridized carbons (Fsp3) is 0.545. The van der Waals surface area contributed by atoms with Crippen LogP contribution in [0.25, 0.3) is 11.3 Å². The summed E-state index contributed by atoms with van der Waals surface area (Å²) >= 11 is 0.